The topological polar surface area (TPSA) is 90.6 Å². The monoisotopic (exact) mass is 336 g/mol. The molecule has 0 fully saturated rings. The molecule has 0 aliphatic heterocycles. The molecule has 2 aromatic carbocycles. The van der Waals surface area contributed by atoms with E-state index >= 15 is 0 Å². The molecule has 24 heavy (non-hydrogen) atoms. The number of aromatic nitrogens is 3. The molecule has 118 valence electrons. The number of aromatic amines is 2. The Balaban J connectivity index is 1.64. The molecule has 0 unspecified atom stereocenters. The van der Waals surface area contributed by atoms with Crippen LogP contribution in [0.25, 0.3) is 22.3 Å². The van der Waals surface area contributed by atoms with Gasteiger partial charge in [0.25, 0.3) is 5.91 Å². The quantitative estimate of drug-likeness (QED) is 0.536. The van der Waals surface area contributed by atoms with Crippen molar-refractivity contribution in [3.05, 3.63) is 70.1 Å². The van der Waals surface area contributed by atoms with Crippen molar-refractivity contribution in [2.75, 3.05) is 5.32 Å². The van der Waals surface area contributed by atoms with Crippen LogP contribution in [0.5, 0.6) is 0 Å². The first-order valence-corrected chi connectivity index (χ1v) is 8.11. The molecule has 6 nitrogen and oxygen atoms in total. The molecular formula is C17H12N4O2S. The van der Waals surface area contributed by atoms with E-state index in [-0.39, 0.29) is 11.6 Å². The third-order valence-electron chi connectivity index (χ3n) is 3.62. The average Bonchev–Trinajstić information content (AvgIpc) is 3.20. The lowest BCUT2D eigenvalue weighted by Crippen LogP contribution is -2.11. The van der Waals surface area contributed by atoms with Crippen LogP contribution in [0.2, 0.25) is 0 Å². The predicted octanol–water partition coefficient (Wildman–Crippen LogP) is 3.23. The number of rotatable bonds is 3. The molecule has 0 saturated heterocycles. The second-order valence-electron chi connectivity index (χ2n) is 5.19. The van der Waals surface area contributed by atoms with Crippen LogP contribution in [0, 0.1) is 0 Å². The Morgan fingerprint density at radius 1 is 1.04 bits per heavy atom. The summed E-state index contributed by atoms with van der Waals surface area (Å²) in [6.45, 7) is 0. The summed E-state index contributed by atoms with van der Waals surface area (Å²) in [4.78, 5) is 33.5. The maximum absolute atomic E-state index is 12.5. The summed E-state index contributed by atoms with van der Waals surface area (Å²) >= 11 is 1.37. The maximum atomic E-state index is 12.5. The zero-order chi connectivity index (χ0) is 16.5. The van der Waals surface area contributed by atoms with Crippen molar-refractivity contribution in [3.63, 3.8) is 0 Å². The molecule has 7 heteroatoms. The number of hydrogen-bond donors (Lipinski definition) is 3. The number of nitrogens with zero attached hydrogens (tertiary/aromatic N) is 1. The van der Waals surface area contributed by atoms with Crippen molar-refractivity contribution in [1.82, 2.24) is 15.0 Å². The Morgan fingerprint density at radius 2 is 1.83 bits per heavy atom. The molecule has 0 bridgehead atoms. The fourth-order valence-electron chi connectivity index (χ4n) is 2.49. The number of nitrogens with one attached hydrogen (secondary N) is 3. The third-order valence-corrected chi connectivity index (χ3v) is 4.36. The van der Waals surface area contributed by atoms with E-state index in [2.05, 4.69) is 20.3 Å². The Bertz CT molecular complexity index is 1080. The van der Waals surface area contributed by atoms with Gasteiger partial charge in [0.1, 0.15) is 10.7 Å². The number of carbonyl (C=O) groups is 1. The van der Waals surface area contributed by atoms with Gasteiger partial charge in [-0.15, -0.1) is 11.3 Å². The summed E-state index contributed by atoms with van der Waals surface area (Å²) in [6, 6.07) is 14.7. The number of amides is 1. The van der Waals surface area contributed by atoms with Gasteiger partial charge in [-0.2, -0.15) is 0 Å². The number of anilines is 1. The van der Waals surface area contributed by atoms with Crippen molar-refractivity contribution in [2.24, 2.45) is 0 Å². The van der Waals surface area contributed by atoms with Gasteiger partial charge in [-0.05, 0) is 18.2 Å². The van der Waals surface area contributed by atoms with Crippen molar-refractivity contribution >= 4 is 33.3 Å². The minimum absolute atomic E-state index is 0.250. The van der Waals surface area contributed by atoms with Gasteiger partial charge in [0.05, 0.1) is 16.5 Å². The molecule has 4 aromatic rings. The summed E-state index contributed by atoms with van der Waals surface area (Å²) in [5.41, 5.74) is 4.82. The van der Waals surface area contributed by atoms with Gasteiger partial charge >= 0.3 is 5.69 Å². The lowest BCUT2D eigenvalue weighted by Gasteiger charge is -2.05. The normalized spacial score (nSPS) is 10.8. The maximum Gasteiger partial charge on any atom is 0.323 e. The van der Waals surface area contributed by atoms with Gasteiger partial charge in [0.2, 0.25) is 0 Å². The number of benzene rings is 2. The van der Waals surface area contributed by atoms with Gasteiger partial charge in [-0.3, -0.25) is 4.79 Å². The number of fused-ring (bicyclic) bond motifs is 1. The minimum atomic E-state index is -0.295. The van der Waals surface area contributed by atoms with E-state index in [0.29, 0.717) is 21.6 Å². The fourth-order valence-corrected chi connectivity index (χ4v) is 3.18. The smallest absolute Gasteiger partial charge is 0.312 e. The Morgan fingerprint density at radius 3 is 2.67 bits per heavy atom. The number of imidazole rings is 1. The van der Waals surface area contributed by atoms with E-state index in [4.69, 9.17) is 0 Å². The molecule has 0 spiro atoms. The number of hydrogen-bond acceptors (Lipinski definition) is 4. The Labute approximate surface area is 140 Å². The molecule has 0 atom stereocenters. The lowest BCUT2D eigenvalue weighted by molar-refractivity contribution is 0.102. The molecule has 4 rings (SSSR count). The zero-order valence-corrected chi connectivity index (χ0v) is 13.2. The van der Waals surface area contributed by atoms with E-state index in [1.165, 1.54) is 11.3 Å². The van der Waals surface area contributed by atoms with E-state index in [0.717, 1.165) is 11.3 Å². The molecule has 0 aliphatic rings. The van der Waals surface area contributed by atoms with Crippen molar-refractivity contribution in [1.29, 1.82) is 0 Å². The second-order valence-corrected chi connectivity index (χ2v) is 6.04. The number of H-pyrrole nitrogens is 2. The van der Waals surface area contributed by atoms with Crippen LogP contribution in [0.15, 0.2) is 58.8 Å². The highest BCUT2D eigenvalue weighted by atomic mass is 32.1. The van der Waals surface area contributed by atoms with Crippen LogP contribution < -0.4 is 11.0 Å². The predicted molar refractivity (Wildman–Crippen MR) is 94.4 cm³/mol. The Kier molecular flexibility index (Phi) is 3.47. The summed E-state index contributed by atoms with van der Waals surface area (Å²) < 4.78 is 0. The van der Waals surface area contributed by atoms with E-state index < -0.39 is 0 Å². The van der Waals surface area contributed by atoms with Gasteiger partial charge in [0, 0.05) is 11.1 Å². The molecule has 0 aliphatic carbocycles. The van der Waals surface area contributed by atoms with Crippen molar-refractivity contribution in [2.45, 2.75) is 0 Å². The van der Waals surface area contributed by atoms with Crippen LogP contribution in [-0.2, 0) is 0 Å². The first-order chi connectivity index (χ1) is 11.7. The molecular weight excluding hydrogens is 324 g/mol. The van der Waals surface area contributed by atoms with Gasteiger partial charge < -0.3 is 15.3 Å². The third kappa shape index (κ3) is 2.61. The van der Waals surface area contributed by atoms with Crippen LogP contribution in [-0.4, -0.2) is 20.9 Å². The minimum Gasteiger partial charge on any atom is -0.312 e. The summed E-state index contributed by atoms with van der Waals surface area (Å²) in [7, 11) is 0. The summed E-state index contributed by atoms with van der Waals surface area (Å²) in [5, 5.41) is 3.58. The van der Waals surface area contributed by atoms with Gasteiger partial charge in [-0.25, -0.2) is 9.78 Å². The van der Waals surface area contributed by atoms with Crippen molar-refractivity contribution in [3.8, 4) is 11.3 Å². The van der Waals surface area contributed by atoms with E-state index in [1.807, 2.05) is 30.3 Å². The lowest BCUT2D eigenvalue weighted by atomic mass is 10.1. The highest BCUT2D eigenvalue weighted by molar-refractivity contribution is 7.14. The largest absolute Gasteiger partial charge is 0.323 e. The average molecular weight is 336 g/mol. The number of thiazole rings is 1. The molecule has 3 N–H and O–H groups in total. The molecule has 0 radical (unpaired) electrons. The number of carbonyl (C=O) groups excluding carboxylic acids is 1. The Hall–Kier alpha value is -3.19. The van der Waals surface area contributed by atoms with Crippen LogP contribution in [0.1, 0.15) is 10.4 Å². The van der Waals surface area contributed by atoms with E-state index in [1.54, 1.807) is 23.7 Å². The van der Waals surface area contributed by atoms with Crippen LogP contribution >= 0.6 is 11.3 Å². The first-order valence-electron chi connectivity index (χ1n) is 7.23. The molecule has 1 amide bonds. The summed E-state index contributed by atoms with van der Waals surface area (Å²) in [5.74, 6) is -0.250. The second kappa shape index (κ2) is 5.78. The highest BCUT2D eigenvalue weighted by Crippen LogP contribution is 2.30. The highest BCUT2D eigenvalue weighted by Gasteiger charge is 2.13. The van der Waals surface area contributed by atoms with Crippen molar-refractivity contribution < 1.29 is 4.79 Å². The molecule has 2 heterocycles. The first kappa shape index (κ1) is 14.4. The molecule has 2 aromatic heterocycles. The van der Waals surface area contributed by atoms with E-state index in [9.17, 15) is 9.59 Å². The zero-order valence-electron chi connectivity index (χ0n) is 12.4. The SMILES string of the molecule is O=C(Nc1scnc1-c1ccccc1)c1ccc2[nH]c(=O)[nH]c2c1. The standard InChI is InChI=1S/C17H12N4O2S/c22-15(11-6-7-12-13(8-11)20-17(23)19-12)21-16-14(18-9-24-16)10-4-2-1-3-5-10/h1-9H,(H,21,22)(H2,19,20,23). The fraction of sp³-hybridized carbons (Fsp3) is 0. The molecule has 0 saturated carbocycles. The van der Waals surface area contributed by atoms with Crippen LogP contribution in [0.4, 0.5) is 5.00 Å². The van der Waals surface area contributed by atoms with Gasteiger partial charge in [0.15, 0.2) is 0 Å². The van der Waals surface area contributed by atoms with Gasteiger partial charge in [-0.1, -0.05) is 30.3 Å². The summed E-state index contributed by atoms with van der Waals surface area (Å²) in [6.07, 6.45) is 0. The van der Waals surface area contributed by atoms with Crippen LogP contribution in [0.3, 0.4) is 0 Å².